The van der Waals surface area contributed by atoms with Crippen LogP contribution in [0.1, 0.15) is 43.2 Å². The third-order valence-corrected chi connectivity index (χ3v) is 4.55. The van der Waals surface area contributed by atoms with E-state index in [-0.39, 0.29) is 0 Å². The van der Waals surface area contributed by atoms with Gasteiger partial charge in [0.1, 0.15) is 0 Å². The molecule has 0 amide bonds. The Bertz CT molecular complexity index is 642. The normalized spacial score (nSPS) is 16.1. The summed E-state index contributed by atoms with van der Waals surface area (Å²) in [5.41, 5.74) is 2.54. The highest BCUT2D eigenvalue weighted by Crippen LogP contribution is 2.17. The lowest BCUT2D eigenvalue weighted by atomic mass is 9.96. The predicted octanol–water partition coefficient (Wildman–Crippen LogP) is 2.93. The van der Waals surface area contributed by atoms with Gasteiger partial charge in [-0.25, -0.2) is 4.98 Å². The summed E-state index contributed by atoms with van der Waals surface area (Å²) in [6, 6.07) is 9.22. The average Bonchev–Trinajstić information content (AvgIpc) is 3.13. The first-order valence-corrected chi connectivity index (χ1v) is 8.84. The van der Waals surface area contributed by atoms with Crippen LogP contribution in [0.3, 0.4) is 0 Å². The van der Waals surface area contributed by atoms with E-state index in [1.807, 2.05) is 25.8 Å². The van der Waals surface area contributed by atoms with E-state index >= 15 is 0 Å². The van der Waals surface area contributed by atoms with Crippen LogP contribution in [0.5, 0.6) is 0 Å². The zero-order valence-corrected chi connectivity index (χ0v) is 14.4. The summed E-state index contributed by atoms with van der Waals surface area (Å²) in [4.78, 5) is 8.46. The van der Waals surface area contributed by atoms with Gasteiger partial charge in [-0.3, -0.25) is 4.99 Å². The molecule has 1 heterocycles. The summed E-state index contributed by atoms with van der Waals surface area (Å²) in [5.74, 6) is 0.905. The van der Waals surface area contributed by atoms with Crippen molar-refractivity contribution in [3.63, 3.8) is 0 Å². The molecule has 1 saturated carbocycles. The molecule has 0 radical (unpaired) electrons. The molecule has 24 heavy (non-hydrogen) atoms. The van der Waals surface area contributed by atoms with Gasteiger partial charge >= 0.3 is 0 Å². The Morgan fingerprint density at radius 2 is 2.08 bits per heavy atom. The van der Waals surface area contributed by atoms with Crippen LogP contribution < -0.4 is 10.6 Å². The van der Waals surface area contributed by atoms with Crippen molar-refractivity contribution in [1.29, 1.82) is 0 Å². The minimum absolute atomic E-state index is 0.567. The Balaban J connectivity index is 1.53. The molecule has 0 saturated heterocycles. The lowest BCUT2D eigenvalue weighted by Gasteiger charge is -2.25. The fourth-order valence-corrected chi connectivity index (χ4v) is 3.25. The van der Waals surface area contributed by atoms with Crippen molar-refractivity contribution < 1.29 is 0 Å². The third kappa shape index (κ3) is 4.85. The molecule has 1 aliphatic rings. The van der Waals surface area contributed by atoms with Crippen molar-refractivity contribution >= 4 is 5.96 Å². The van der Waals surface area contributed by atoms with Crippen LogP contribution in [-0.2, 0) is 13.1 Å². The number of nitrogens with zero attached hydrogens (tertiary/aromatic N) is 3. The molecule has 0 atom stereocenters. The maximum absolute atomic E-state index is 4.36. The molecule has 0 unspecified atom stereocenters. The van der Waals surface area contributed by atoms with Crippen LogP contribution in [0.25, 0.3) is 0 Å². The number of hydrogen-bond acceptors (Lipinski definition) is 2. The van der Waals surface area contributed by atoms with Crippen molar-refractivity contribution in [2.45, 2.75) is 51.2 Å². The SMILES string of the molecule is CN=C(NCc1cccc(Cn2ccnc2)c1)NC1CCCCC1. The predicted molar refractivity (Wildman–Crippen MR) is 98.0 cm³/mol. The Hall–Kier alpha value is -2.30. The van der Waals surface area contributed by atoms with Gasteiger partial charge in [-0.15, -0.1) is 0 Å². The molecule has 1 aromatic carbocycles. The van der Waals surface area contributed by atoms with Crippen LogP contribution in [0.2, 0.25) is 0 Å². The third-order valence-electron chi connectivity index (χ3n) is 4.55. The maximum atomic E-state index is 4.36. The molecule has 0 aliphatic heterocycles. The lowest BCUT2D eigenvalue weighted by Crippen LogP contribution is -2.43. The Morgan fingerprint density at radius 1 is 1.25 bits per heavy atom. The number of aliphatic imine (C=N–C) groups is 1. The lowest BCUT2D eigenvalue weighted by molar-refractivity contribution is 0.410. The highest BCUT2D eigenvalue weighted by molar-refractivity contribution is 5.79. The molecule has 2 aromatic rings. The number of nitrogens with one attached hydrogen (secondary N) is 2. The molecule has 3 rings (SSSR count). The Kier molecular flexibility index (Phi) is 5.88. The number of benzene rings is 1. The van der Waals surface area contributed by atoms with E-state index < -0.39 is 0 Å². The first kappa shape index (κ1) is 16.6. The fourth-order valence-electron chi connectivity index (χ4n) is 3.25. The average molecular weight is 325 g/mol. The van der Waals surface area contributed by atoms with E-state index in [1.165, 1.54) is 43.2 Å². The van der Waals surface area contributed by atoms with Gasteiger partial charge in [0.15, 0.2) is 5.96 Å². The summed E-state index contributed by atoms with van der Waals surface area (Å²) in [7, 11) is 1.84. The summed E-state index contributed by atoms with van der Waals surface area (Å²) in [5, 5.41) is 6.99. The van der Waals surface area contributed by atoms with Crippen LogP contribution in [-0.4, -0.2) is 28.6 Å². The highest BCUT2D eigenvalue weighted by atomic mass is 15.2. The van der Waals surface area contributed by atoms with Crippen molar-refractivity contribution in [2.24, 2.45) is 4.99 Å². The summed E-state index contributed by atoms with van der Waals surface area (Å²) in [6.45, 7) is 1.63. The van der Waals surface area contributed by atoms with E-state index in [2.05, 4.69) is 49.4 Å². The molecule has 1 fully saturated rings. The summed E-state index contributed by atoms with van der Waals surface area (Å²) < 4.78 is 2.08. The topological polar surface area (TPSA) is 54.2 Å². The van der Waals surface area contributed by atoms with Gasteiger partial charge in [0.05, 0.1) is 6.33 Å². The van der Waals surface area contributed by atoms with Gasteiger partial charge in [-0.05, 0) is 24.0 Å². The quantitative estimate of drug-likeness (QED) is 0.656. The second-order valence-electron chi connectivity index (χ2n) is 6.46. The Morgan fingerprint density at radius 3 is 2.83 bits per heavy atom. The second-order valence-corrected chi connectivity index (χ2v) is 6.46. The van der Waals surface area contributed by atoms with Gasteiger partial charge in [0, 0.05) is 38.6 Å². The van der Waals surface area contributed by atoms with Crippen molar-refractivity contribution in [3.05, 3.63) is 54.1 Å². The Labute approximate surface area is 144 Å². The monoisotopic (exact) mass is 325 g/mol. The van der Waals surface area contributed by atoms with Crippen molar-refractivity contribution in [3.8, 4) is 0 Å². The first-order valence-electron chi connectivity index (χ1n) is 8.84. The van der Waals surface area contributed by atoms with Crippen LogP contribution >= 0.6 is 0 Å². The molecule has 5 heteroatoms. The first-order chi connectivity index (χ1) is 11.8. The zero-order valence-electron chi connectivity index (χ0n) is 14.4. The zero-order chi connectivity index (χ0) is 16.6. The molecular weight excluding hydrogens is 298 g/mol. The van der Waals surface area contributed by atoms with Gasteiger partial charge in [-0.1, -0.05) is 43.5 Å². The number of imidazole rings is 1. The van der Waals surface area contributed by atoms with Gasteiger partial charge in [0.2, 0.25) is 0 Å². The van der Waals surface area contributed by atoms with Gasteiger partial charge in [0.25, 0.3) is 0 Å². The minimum atomic E-state index is 0.567. The van der Waals surface area contributed by atoms with E-state index in [0.717, 1.165) is 19.0 Å². The molecule has 0 spiro atoms. The van der Waals surface area contributed by atoms with Crippen molar-refractivity contribution in [1.82, 2.24) is 20.2 Å². The van der Waals surface area contributed by atoms with E-state index in [4.69, 9.17) is 0 Å². The minimum Gasteiger partial charge on any atom is -0.354 e. The number of guanidine groups is 1. The van der Waals surface area contributed by atoms with Gasteiger partial charge < -0.3 is 15.2 Å². The smallest absolute Gasteiger partial charge is 0.191 e. The summed E-state index contributed by atoms with van der Waals surface area (Å²) in [6.07, 6.45) is 12.2. The fraction of sp³-hybridized carbons (Fsp3) is 0.474. The van der Waals surface area contributed by atoms with Gasteiger partial charge in [-0.2, -0.15) is 0 Å². The maximum Gasteiger partial charge on any atom is 0.191 e. The molecular formula is C19H27N5. The highest BCUT2D eigenvalue weighted by Gasteiger charge is 2.14. The molecule has 5 nitrogen and oxygen atoms in total. The number of hydrogen-bond donors (Lipinski definition) is 2. The number of aromatic nitrogens is 2. The summed E-state index contributed by atoms with van der Waals surface area (Å²) >= 11 is 0. The van der Waals surface area contributed by atoms with E-state index in [1.54, 1.807) is 0 Å². The largest absolute Gasteiger partial charge is 0.354 e. The van der Waals surface area contributed by atoms with Crippen LogP contribution in [0.15, 0.2) is 48.0 Å². The van der Waals surface area contributed by atoms with E-state index in [0.29, 0.717) is 6.04 Å². The van der Waals surface area contributed by atoms with E-state index in [9.17, 15) is 0 Å². The molecule has 1 aliphatic carbocycles. The molecule has 128 valence electrons. The number of rotatable bonds is 5. The second kappa shape index (κ2) is 8.52. The molecule has 2 N–H and O–H groups in total. The van der Waals surface area contributed by atoms with Crippen LogP contribution in [0, 0.1) is 0 Å². The molecule has 1 aromatic heterocycles. The van der Waals surface area contributed by atoms with Crippen LogP contribution in [0.4, 0.5) is 0 Å². The molecule has 0 bridgehead atoms. The van der Waals surface area contributed by atoms with Crippen molar-refractivity contribution in [2.75, 3.05) is 7.05 Å². The standard InChI is InChI=1S/C19H27N5/c1-20-19(23-18-8-3-2-4-9-18)22-13-16-6-5-7-17(12-16)14-24-11-10-21-15-24/h5-7,10-12,15,18H,2-4,8-9,13-14H2,1H3,(H2,20,22,23).